The summed E-state index contributed by atoms with van der Waals surface area (Å²) in [4.78, 5) is 8.70. The van der Waals surface area contributed by atoms with Crippen LogP contribution in [0.4, 0.5) is 11.8 Å². The van der Waals surface area contributed by atoms with Crippen molar-refractivity contribution in [3.8, 4) is 5.75 Å². The maximum Gasteiger partial charge on any atom is 0.224 e. The first-order valence-electron chi connectivity index (χ1n) is 7.75. The van der Waals surface area contributed by atoms with Gasteiger partial charge in [-0.25, -0.2) is 4.98 Å². The van der Waals surface area contributed by atoms with Crippen molar-refractivity contribution in [3.63, 3.8) is 0 Å². The van der Waals surface area contributed by atoms with E-state index in [0.717, 1.165) is 31.1 Å². The van der Waals surface area contributed by atoms with Crippen LogP contribution in [0.1, 0.15) is 31.7 Å². The molecule has 22 heavy (non-hydrogen) atoms. The standard InChI is InChI=1S/C17H24N4O/c1-3-4-5-11-18-17-19-12-10-16(21-17)20-13-14-6-8-15(22-2)9-7-14/h6-10,12H,3-5,11,13H2,1-2H3,(H2,18,19,20,21). The molecule has 2 rings (SSSR count). The quantitative estimate of drug-likeness (QED) is 0.692. The summed E-state index contributed by atoms with van der Waals surface area (Å²) in [6, 6.07) is 9.87. The average Bonchev–Trinajstić information content (AvgIpc) is 2.58. The number of methoxy groups -OCH3 is 1. The van der Waals surface area contributed by atoms with Crippen molar-refractivity contribution in [3.05, 3.63) is 42.1 Å². The lowest BCUT2D eigenvalue weighted by molar-refractivity contribution is 0.414. The van der Waals surface area contributed by atoms with E-state index in [2.05, 4.69) is 27.5 Å². The number of rotatable bonds is 9. The lowest BCUT2D eigenvalue weighted by atomic mass is 10.2. The molecule has 0 spiro atoms. The van der Waals surface area contributed by atoms with Gasteiger partial charge in [0.2, 0.25) is 5.95 Å². The van der Waals surface area contributed by atoms with Gasteiger partial charge in [-0.05, 0) is 30.2 Å². The number of unbranched alkanes of at least 4 members (excludes halogenated alkanes) is 2. The number of anilines is 2. The molecule has 0 amide bonds. The third-order valence-electron chi connectivity index (χ3n) is 3.35. The Morgan fingerprint density at radius 1 is 1.05 bits per heavy atom. The van der Waals surface area contributed by atoms with E-state index in [1.165, 1.54) is 18.4 Å². The van der Waals surface area contributed by atoms with Gasteiger partial charge in [-0.15, -0.1) is 0 Å². The van der Waals surface area contributed by atoms with Crippen LogP contribution in [0.2, 0.25) is 0 Å². The van der Waals surface area contributed by atoms with Crippen LogP contribution in [0, 0.1) is 0 Å². The van der Waals surface area contributed by atoms with Gasteiger partial charge in [0.15, 0.2) is 0 Å². The van der Waals surface area contributed by atoms with Crippen LogP contribution in [0.25, 0.3) is 0 Å². The van der Waals surface area contributed by atoms with Crippen molar-refractivity contribution < 1.29 is 4.74 Å². The minimum atomic E-state index is 0.677. The maximum absolute atomic E-state index is 5.15. The Hall–Kier alpha value is -2.30. The zero-order chi connectivity index (χ0) is 15.6. The molecule has 0 aliphatic carbocycles. The highest BCUT2D eigenvalue weighted by molar-refractivity contribution is 5.40. The molecule has 2 N–H and O–H groups in total. The van der Waals surface area contributed by atoms with Crippen LogP contribution in [0.15, 0.2) is 36.5 Å². The van der Waals surface area contributed by atoms with Gasteiger partial charge < -0.3 is 15.4 Å². The minimum Gasteiger partial charge on any atom is -0.497 e. The Kier molecular flexibility index (Phi) is 6.48. The molecule has 2 aromatic rings. The van der Waals surface area contributed by atoms with E-state index in [9.17, 15) is 0 Å². The van der Waals surface area contributed by atoms with Crippen LogP contribution in [0.5, 0.6) is 5.75 Å². The Morgan fingerprint density at radius 3 is 2.59 bits per heavy atom. The molecule has 118 valence electrons. The van der Waals surface area contributed by atoms with Crippen LogP contribution in [-0.4, -0.2) is 23.6 Å². The Labute approximate surface area is 132 Å². The van der Waals surface area contributed by atoms with Crippen molar-refractivity contribution in [2.45, 2.75) is 32.7 Å². The van der Waals surface area contributed by atoms with Crippen molar-refractivity contribution in [2.75, 3.05) is 24.3 Å². The predicted octanol–water partition coefficient (Wildman–Crippen LogP) is 3.70. The van der Waals surface area contributed by atoms with E-state index in [4.69, 9.17) is 4.74 Å². The van der Waals surface area contributed by atoms with Gasteiger partial charge in [0, 0.05) is 19.3 Å². The minimum absolute atomic E-state index is 0.677. The van der Waals surface area contributed by atoms with E-state index in [-0.39, 0.29) is 0 Å². The first-order chi connectivity index (χ1) is 10.8. The van der Waals surface area contributed by atoms with Gasteiger partial charge in [0.1, 0.15) is 11.6 Å². The molecule has 0 aliphatic heterocycles. The molecule has 0 radical (unpaired) electrons. The SMILES string of the molecule is CCCCCNc1nccc(NCc2ccc(OC)cc2)n1. The van der Waals surface area contributed by atoms with Crippen molar-refractivity contribution in [2.24, 2.45) is 0 Å². The number of hydrogen-bond acceptors (Lipinski definition) is 5. The molecule has 0 aliphatic rings. The first-order valence-corrected chi connectivity index (χ1v) is 7.75. The summed E-state index contributed by atoms with van der Waals surface area (Å²) in [6.07, 6.45) is 5.35. The summed E-state index contributed by atoms with van der Waals surface area (Å²) in [5, 5.41) is 6.56. The van der Waals surface area contributed by atoms with Gasteiger partial charge in [-0.1, -0.05) is 31.9 Å². The second-order valence-corrected chi connectivity index (χ2v) is 5.10. The zero-order valence-electron chi connectivity index (χ0n) is 13.3. The molecule has 0 fully saturated rings. The van der Waals surface area contributed by atoms with Gasteiger partial charge in [0.25, 0.3) is 0 Å². The third kappa shape index (κ3) is 5.24. The first kappa shape index (κ1) is 16.1. The smallest absolute Gasteiger partial charge is 0.224 e. The fraction of sp³-hybridized carbons (Fsp3) is 0.412. The topological polar surface area (TPSA) is 59.1 Å². The Bertz CT molecular complexity index is 557. The van der Waals surface area contributed by atoms with Crippen molar-refractivity contribution >= 4 is 11.8 Å². The summed E-state index contributed by atoms with van der Waals surface area (Å²) in [5.74, 6) is 2.36. The molecule has 1 aromatic heterocycles. The number of hydrogen-bond donors (Lipinski definition) is 2. The van der Waals surface area contributed by atoms with Gasteiger partial charge in [0.05, 0.1) is 7.11 Å². The lowest BCUT2D eigenvalue weighted by Gasteiger charge is -2.09. The third-order valence-corrected chi connectivity index (χ3v) is 3.35. The molecule has 0 unspecified atom stereocenters. The highest BCUT2D eigenvalue weighted by Crippen LogP contribution is 2.13. The molecule has 1 heterocycles. The van der Waals surface area contributed by atoms with E-state index in [0.29, 0.717) is 5.95 Å². The normalized spacial score (nSPS) is 10.3. The summed E-state index contributed by atoms with van der Waals surface area (Å²) in [5.41, 5.74) is 1.18. The molecule has 0 saturated carbocycles. The number of nitrogens with one attached hydrogen (secondary N) is 2. The fourth-order valence-electron chi connectivity index (χ4n) is 2.05. The Morgan fingerprint density at radius 2 is 1.86 bits per heavy atom. The van der Waals surface area contributed by atoms with Gasteiger partial charge >= 0.3 is 0 Å². The van der Waals surface area contributed by atoms with E-state index in [1.807, 2.05) is 30.3 Å². The molecule has 1 aromatic carbocycles. The van der Waals surface area contributed by atoms with Crippen molar-refractivity contribution in [1.82, 2.24) is 9.97 Å². The molecule has 5 nitrogen and oxygen atoms in total. The highest BCUT2D eigenvalue weighted by Gasteiger charge is 1.99. The average molecular weight is 300 g/mol. The molecular formula is C17H24N4O. The van der Waals surface area contributed by atoms with Crippen molar-refractivity contribution in [1.29, 1.82) is 0 Å². The Balaban J connectivity index is 1.84. The van der Waals surface area contributed by atoms with Crippen LogP contribution < -0.4 is 15.4 Å². The summed E-state index contributed by atoms with van der Waals surface area (Å²) in [6.45, 7) is 3.83. The van der Waals surface area contributed by atoms with Crippen LogP contribution in [0.3, 0.4) is 0 Å². The number of ether oxygens (including phenoxy) is 1. The summed E-state index contributed by atoms with van der Waals surface area (Å²) >= 11 is 0. The number of benzene rings is 1. The second kappa shape index (κ2) is 8.87. The predicted molar refractivity (Wildman–Crippen MR) is 90.4 cm³/mol. The van der Waals surface area contributed by atoms with E-state index >= 15 is 0 Å². The zero-order valence-corrected chi connectivity index (χ0v) is 13.3. The summed E-state index contributed by atoms with van der Waals surface area (Å²) in [7, 11) is 1.67. The second-order valence-electron chi connectivity index (χ2n) is 5.10. The highest BCUT2D eigenvalue weighted by atomic mass is 16.5. The summed E-state index contributed by atoms with van der Waals surface area (Å²) < 4.78 is 5.15. The molecule has 0 saturated heterocycles. The maximum atomic E-state index is 5.15. The van der Waals surface area contributed by atoms with Gasteiger partial charge in [-0.2, -0.15) is 4.98 Å². The molecule has 0 bridgehead atoms. The molecular weight excluding hydrogens is 276 g/mol. The largest absolute Gasteiger partial charge is 0.497 e. The molecule has 0 atom stereocenters. The number of aromatic nitrogens is 2. The van der Waals surface area contributed by atoms with Crippen LogP contribution in [-0.2, 0) is 6.54 Å². The lowest BCUT2D eigenvalue weighted by Crippen LogP contribution is -2.07. The fourth-order valence-corrected chi connectivity index (χ4v) is 2.05. The van der Waals surface area contributed by atoms with Gasteiger partial charge in [-0.3, -0.25) is 0 Å². The monoisotopic (exact) mass is 300 g/mol. The van der Waals surface area contributed by atoms with Crippen LogP contribution >= 0.6 is 0 Å². The van der Waals surface area contributed by atoms with E-state index < -0.39 is 0 Å². The number of nitrogens with zero attached hydrogens (tertiary/aromatic N) is 2. The molecule has 5 heteroatoms. The van der Waals surface area contributed by atoms with E-state index in [1.54, 1.807) is 13.3 Å².